The van der Waals surface area contributed by atoms with Crippen LogP contribution >= 0.6 is 0 Å². The van der Waals surface area contributed by atoms with E-state index in [1.54, 1.807) is 19.3 Å². The molecule has 1 fully saturated rings. The average Bonchev–Trinajstić information content (AvgIpc) is 2.81. The van der Waals surface area contributed by atoms with Crippen LogP contribution in [-0.4, -0.2) is 52.5 Å². The third kappa shape index (κ3) is 5.10. The number of pyridine rings is 1. The van der Waals surface area contributed by atoms with Gasteiger partial charge in [-0.2, -0.15) is 0 Å². The van der Waals surface area contributed by atoms with Crippen LogP contribution in [0.25, 0.3) is 0 Å². The highest BCUT2D eigenvalue weighted by atomic mass is 16.3. The van der Waals surface area contributed by atoms with Gasteiger partial charge in [-0.05, 0) is 36.8 Å². The lowest BCUT2D eigenvalue weighted by Crippen LogP contribution is -2.45. The largest absolute Gasteiger partial charge is 0.505 e. The zero-order valence-electron chi connectivity index (χ0n) is 17.8. The molecule has 160 valence electrons. The van der Waals surface area contributed by atoms with Crippen LogP contribution in [0.15, 0.2) is 65.8 Å². The van der Waals surface area contributed by atoms with E-state index >= 15 is 0 Å². The third-order valence-electron chi connectivity index (χ3n) is 5.71. The first-order valence-electron chi connectivity index (χ1n) is 10.6. The Kier molecular flexibility index (Phi) is 6.60. The standard InChI is InChI=1S/C25H28N4O2/c1-19-25(31)24(21(18-30)15-26-19)16-27-22-7-9-23(10-8-22)29-13-11-28(12-14-29)17-20-5-3-2-4-6-20/h2-10,15-16,30-31H,11-14,17-18H2,1H3. The van der Waals surface area contributed by atoms with Gasteiger partial charge in [0.15, 0.2) is 0 Å². The topological polar surface area (TPSA) is 72.2 Å². The van der Waals surface area contributed by atoms with Crippen molar-refractivity contribution >= 4 is 17.6 Å². The molecule has 2 heterocycles. The van der Waals surface area contributed by atoms with Crippen LogP contribution in [0.5, 0.6) is 5.75 Å². The molecule has 1 aromatic heterocycles. The first-order valence-corrected chi connectivity index (χ1v) is 10.6. The van der Waals surface area contributed by atoms with Crippen LogP contribution in [-0.2, 0) is 13.2 Å². The zero-order valence-corrected chi connectivity index (χ0v) is 17.8. The fraction of sp³-hybridized carbons (Fsp3) is 0.280. The summed E-state index contributed by atoms with van der Waals surface area (Å²) >= 11 is 0. The maximum absolute atomic E-state index is 10.2. The third-order valence-corrected chi connectivity index (χ3v) is 5.71. The summed E-state index contributed by atoms with van der Waals surface area (Å²) in [7, 11) is 0. The molecule has 1 saturated heterocycles. The number of aliphatic hydroxyl groups is 1. The average molecular weight is 417 g/mol. The summed E-state index contributed by atoms with van der Waals surface area (Å²) < 4.78 is 0. The molecule has 3 aromatic rings. The second-order valence-electron chi connectivity index (χ2n) is 7.81. The predicted molar refractivity (Wildman–Crippen MR) is 124 cm³/mol. The number of benzene rings is 2. The van der Waals surface area contributed by atoms with E-state index in [0.29, 0.717) is 16.8 Å². The van der Waals surface area contributed by atoms with Gasteiger partial charge >= 0.3 is 0 Å². The van der Waals surface area contributed by atoms with Crippen LogP contribution in [0.1, 0.15) is 22.4 Å². The lowest BCUT2D eigenvalue weighted by molar-refractivity contribution is 0.250. The number of rotatable bonds is 6. The van der Waals surface area contributed by atoms with Crippen molar-refractivity contribution in [2.45, 2.75) is 20.1 Å². The fourth-order valence-electron chi connectivity index (χ4n) is 3.82. The number of aromatic nitrogens is 1. The van der Waals surface area contributed by atoms with Crippen molar-refractivity contribution in [3.05, 3.63) is 83.2 Å². The van der Waals surface area contributed by atoms with Crippen LogP contribution in [0.2, 0.25) is 0 Å². The van der Waals surface area contributed by atoms with Gasteiger partial charge in [0, 0.05) is 61.9 Å². The number of nitrogens with zero attached hydrogens (tertiary/aromatic N) is 4. The molecule has 0 radical (unpaired) electrons. The van der Waals surface area contributed by atoms with Gasteiger partial charge in [-0.1, -0.05) is 30.3 Å². The van der Waals surface area contributed by atoms with Crippen molar-refractivity contribution in [3.8, 4) is 5.75 Å². The van der Waals surface area contributed by atoms with Gasteiger partial charge in [0.1, 0.15) is 5.75 Å². The number of hydrogen-bond donors (Lipinski definition) is 2. The Morgan fingerprint density at radius 2 is 1.71 bits per heavy atom. The van der Waals surface area contributed by atoms with E-state index in [0.717, 1.165) is 38.4 Å². The molecule has 6 nitrogen and oxygen atoms in total. The maximum Gasteiger partial charge on any atom is 0.145 e. The van der Waals surface area contributed by atoms with Crippen molar-refractivity contribution in [3.63, 3.8) is 0 Å². The molecule has 0 unspecified atom stereocenters. The first-order chi connectivity index (χ1) is 15.1. The molecule has 1 aliphatic heterocycles. The van der Waals surface area contributed by atoms with Gasteiger partial charge in [-0.25, -0.2) is 0 Å². The molecular formula is C25H28N4O2. The van der Waals surface area contributed by atoms with Crippen LogP contribution < -0.4 is 4.90 Å². The highest BCUT2D eigenvalue weighted by Gasteiger charge is 2.17. The first kappa shape index (κ1) is 21.0. The van der Waals surface area contributed by atoms with Crippen molar-refractivity contribution in [1.29, 1.82) is 0 Å². The second kappa shape index (κ2) is 9.73. The highest BCUT2D eigenvalue weighted by Crippen LogP contribution is 2.25. The van der Waals surface area contributed by atoms with E-state index < -0.39 is 0 Å². The second-order valence-corrected chi connectivity index (χ2v) is 7.81. The molecule has 6 heteroatoms. The molecule has 0 aliphatic carbocycles. The van der Waals surface area contributed by atoms with E-state index in [2.05, 4.69) is 62.2 Å². The number of aromatic hydroxyl groups is 1. The molecule has 4 rings (SSSR count). The lowest BCUT2D eigenvalue weighted by atomic mass is 10.1. The number of aliphatic imine (C=N–C) groups is 1. The van der Waals surface area contributed by atoms with Gasteiger partial charge < -0.3 is 15.1 Å². The Labute approximate surface area is 183 Å². The Balaban J connectivity index is 1.37. The SMILES string of the molecule is Cc1ncc(CO)c(C=Nc2ccc(N3CCN(Cc4ccccc4)CC3)cc2)c1O. The summed E-state index contributed by atoms with van der Waals surface area (Å²) in [5.41, 5.74) is 4.92. The van der Waals surface area contributed by atoms with E-state index in [1.165, 1.54) is 11.3 Å². The van der Waals surface area contributed by atoms with Crippen molar-refractivity contribution < 1.29 is 10.2 Å². The Morgan fingerprint density at radius 3 is 2.39 bits per heavy atom. The summed E-state index contributed by atoms with van der Waals surface area (Å²) in [6.07, 6.45) is 3.16. The summed E-state index contributed by atoms with van der Waals surface area (Å²) in [6.45, 7) is 6.61. The number of aryl methyl sites for hydroxylation is 1. The molecular weight excluding hydrogens is 388 g/mol. The van der Waals surface area contributed by atoms with Gasteiger partial charge in [0.25, 0.3) is 0 Å². The quantitative estimate of drug-likeness (QED) is 0.600. The van der Waals surface area contributed by atoms with E-state index in [1.807, 2.05) is 12.1 Å². The summed E-state index contributed by atoms with van der Waals surface area (Å²) in [6, 6.07) is 18.7. The van der Waals surface area contributed by atoms with E-state index in [4.69, 9.17) is 0 Å². The van der Waals surface area contributed by atoms with Gasteiger partial charge in [0.05, 0.1) is 18.0 Å². The van der Waals surface area contributed by atoms with Crippen molar-refractivity contribution in [1.82, 2.24) is 9.88 Å². The molecule has 2 aromatic carbocycles. The van der Waals surface area contributed by atoms with Crippen LogP contribution in [0.3, 0.4) is 0 Å². The van der Waals surface area contributed by atoms with Crippen molar-refractivity contribution in [2.24, 2.45) is 4.99 Å². The fourth-order valence-corrected chi connectivity index (χ4v) is 3.82. The van der Waals surface area contributed by atoms with E-state index in [-0.39, 0.29) is 12.4 Å². The summed E-state index contributed by atoms with van der Waals surface area (Å²) in [5.74, 6) is 0.0558. The normalized spacial score (nSPS) is 15.0. The van der Waals surface area contributed by atoms with Gasteiger partial charge in [-0.3, -0.25) is 14.9 Å². The molecule has 0 bridgehead atoms. The summed E-state index contributed by atoms with van der Waals surface area (Å²) in [5, 5.41) is 19.7. The molecule has 0 spiro atoms. The number of hydrogen-bond acceptors (Lipinski definition) is 6. The Bertz CT molecular complexity index is 1030. The summed E-state index contributed by atoms with van der Waals surface area (Å²) in [4.78, 5) is 13.5. The molecule has 0 saturated carbocycles. The molecule has 0 amide bonds. The van der Waals surface area contributed by atoms with E-state index in [9.17, 15) is 10.2 Å². The monoisotopic (exact) mass is 416 g/mol. The van der Waals surface area contributed by atoms with Crippen LogP contribution in [0.4, 0.5) is 11.4 Å². The van der Waals surface area contributed by atoms with Crippen LogP contribution in [0, 0.1) is 6.92 Å². The maximum atomic E-state index is 10.2. The zero-order chi connectivity index (χ0) is 21.6. The number of anilines is 1. The Hall–Kier alpha value is -3.22. The van der Waals surface area contributed by atoms with Crippen molar-refractivity contribution in [2.75, 3.05) is 31.1 Å². The minimum atomic E-state index is -0.197. The van der Waals surface area contributed by atoms with Gasteiger partial charge in [-0.15, -0.1) is 0 Å². The molecule has 31 heavy (non-hydrogen) atoms. The Morgan fingerprint density at radius 1 is 1.00 bits per heavy atom. The lowest BCUT2D eigenvalue weighted by Gasteiger charge is -2.36. The predicted octanol–water partition coefficient (Wildman–Crippen LogP) is 3.66. The highest BCUT2D eigenvalue weighted by molar-refractivity contribution is 5.87. The minimum absolute atomic E-state index is 0.0558. The molecule has 1 aliphatic rings. The number of piperazine rings is 1. The molecule has 2 N–H and O–H groups in total. The molecule has 0 atom stereocenters. The smallest absolute Gasteiger partial charge is 0.145 e. The number of aliphatic hydroxyl groups excluding tert-OH is 1. The minimum Gasteiger partial charge on any atom is -0.505 e. The van der Waals surface area contributed by atoms with Gasteiger partial charge in [0.2, 0.25) is 0 Å².